The molecule has 2 nitrogen and oxygen atoms in total. The summed E-state index contributed by atoms with van der Waals surface area (Å²) >= 11 is 0. The molecule has 0 bridgehead atoms. The second-order valence-electron chi connectivity index (χ2n) is 3.99. The number of hydrogen-bond donors (Lipinski definition) is 1. The van der Waals surface area contributed by atoms with E-state index in [1.54, 1.807) is 6.07 Å². The van der Waals surface area contributed by atoms with Gasteiger partial charge in [0.05, 0.1) is 6.54 Å². The smallest absolute Gasteiger partial charge is 0.396 e. The van der Waals surface area contributed by atoms with Gasteiger partial charge in [0.2, 0.25) is 0 Å². The van der Waals surface area contributed by atoms with Crippen LogP contribution in [0, 0.1) is 5.82 Å². The van der Waals surface area contributed by atoms with Gasteiger partial charge in [0.15, 0.2) is 0 Å². The molecule has 18 heavy (non-hydrogen) atoms. The lowest BCUT2D eigenvalue weighted by molar-refractivity contribution is -0.147. The maximum atomic E-state index is 13.3. The number of nitrogens with zero attached hydrogens (tertiary/aromatic N) is 1. The van der Waals surface area contributed by atoms with Gasteiger partial charge in [-0.1, -0.05) is 18.2 Å². The standard InChI is InChI=1S/C12H15F4NO/c13-11-5-2-1-4-10(11)8-17(6-3-7-18)9-12(14,15)16/h1-2,4-5,18H,3,6-9H2. The molecule has 0 atom stereocenters. The number of alkyl halides is 3. The maximum Gasteiger partial charge on any atom is 0.401 e. The van der Waals surface area contributed by atoms with Crippen LogP contribution in [0.3, 0.4) is 0 Å². The number of hydrogen-bond acceptors (Lipinski definition) is 2. The molecular formula is C12H15F4NO. The maximum absolute atomic E-state index is 13.3. The van der Waals surface area contributed by atoms with Crippen LogP contribution in [0.5, 0.6) is 0 Å². The summed E-state index contributed by atoms with van der Waals surface area (Å²) in [6.07, 6.45) is -4.11. The second-order valence-corrected chi connectivity index (χ2v) is 3.99. The van der Waals surface area contributed by atoms with E-state index in [0.29, 0.717) is 0 Å². The fourth-order valence-electron chi connectivity index (χ4n) is 1.63. The van der Waals surface area contributed by atoms with E-state index in [0.717, 1.165) is 4.90 Å². The minimum atomic E-state index is -4.33. The molecule has 0 unspecified atom stereocenters. The Kier molecular flexibility index (Phi) is 5.55. The van der Waals surface area contributed by atoms with Crippen molar-refractivity contribution >= 4 is 0 Å². The van der Waals surface area contributed by atoms with E-state index in [9.17, 15) is 17.6 Å². The molecule has 0 aliphatic heterocycles. The number of benzene rings is 1. The molecule has 102 valence electrons. The Hall–Kier alpha value is -1.14. The van der Waals surface area contributed by atoms with E-state index >= 15 is 0 Å². The second kappa shape index (κ2) is 6.70. The van der Waals surface area contributed by atoms with Crippen LogP contribution >= 0.6 is 0 Å². The van der Waals surface area contributed by atoms with Crippen molar-refractivity contribution in [1.82, 2.24) is 4.90 Å². The minimum absolute atomic E-state index is 0.0738. The predicted octanol–water partition coefficient (Wildman–Crippen LogP) is 2.57. The van der Waals surface area contributed by atoms with Crippen molar-refractivity contribution in [1.29, 1.82) is 0 Å². The van der Waals surface area contributed by atoms with E-state index in [1.807, 2.05) is 0 Å². The van der Waals surface area contributed by atoms with Crippen molar-refractivity contribution in [3.05, 3.63) is 35.6 Å². The fourth-order valence-corrected chi connectivity index (χ4v) is 1.63. The molecule has 1 aromatic carbocycles. The Labute approximate surface area is 103 Å². The summed E-state index contributed by atoms with van der Waals surface area (Å²) in [7, 11) is 0. The van der Waals surface area contributed by atoms with Gasteiger partial charge in [0, 0.05) is 25.3 Å². The Balaban J connectivity index is 2.69. The molecule has 0 fully saturated rings. The average molecular weight is 265 g/mol. The van der Waals surface area contributed by atoms with Crippen molar-refractivity contribution in [2.45, 2.75) is 19.1 Å². The molecule has 0 amide bonds. The first-order chi connectivity index (χ1) is 8.42. The van der Waals surface area contributed by atoms with Gasteiger partial charge in [-0.2, -0.15) is 13.2 Å². The van der Waals surface area contributed by atoms with Crippen LogP contribution in [-0.2, 0) is 6.54 Å². The number of aliphatic hydroxyl groups is 1. The van der Waals surface area contributed by atoms with E-state index in [2.05, 4.69) is 0 Å². The molecule has 0 heterocycles. The molecule has 1 rings (SSSR count). The van der Waals surface area contributed by atoms with Crippen molar-refractivity contribution in [2.75, 3.05) is 19.7 Å². The molecule has 0 aliphatic rings. The number of aliphatic hydroxyl groups excluding tert-OH is 1. The highest BCUT2D eigenvalue weighted by molar-refractivity contribution is 5.17. The van der Waals surface area contributed by atoms with Gasteiger partial charge in [-0.15, -0.1) is 0 Å². The summed E-state index contributed by atoms with van der Waals surface area (Å²) in [5.41, 5.74) is 0.222. The molecule has 0 saturated heterocycles. The molecule has 0 spiro atoms. The molecule has 1 N–H and O–H groups in total. The van der Waals surface area contributed by atoms with Gasteiger partial charge >= 0.3 is 6.18 Å². The van der Waals surface area contributed by atoms with Crippen LogP contribution in [0.2, 0.25) is 0 Å². The fraction of sp³-hybridized carbons (Fsp3) is 0.500. The molecule has 6 heteroatoms. The Morgan fingerprint density at radius 3 is 2.39 bits per heavy atom. The van der Waals surface area contributed by atoms with E-state index in [4.69, 9.17) is 5.11 Å². The zero-order chi connectivity index (χ0) is 13.6. The van der Waals surface area contributed by atoms with Gasteiger partial charge in [-0.25, -0.2) is 4.39 Å². The predicted molar refractivity (Wildman–Crippen MR) is 59.4 cm³/mol. The quantitative estimate of drug-likeness (QED) is 0.799. The van der Waals surface area contributed by atoms with Crippen LogP contribution in [0.25, 0.3) is 0 Å². The van der Waals surface area contributed by atoms with E-state index in [1.165, 1.54) is 18.2 Å². The molecular weight excluding hydrogens is 250 g/mol. The van der Waals surface area contributed by atoms with E-state index in [-0.39, 0.29) is 31.7 Å². The van der Waals surface area contributed by atoms with Crippen molar-refractivity contribution in [3.8, 4) is 0 Å². The summed E-state index contributed by atoms with van der Waals surface area (Å²) < 4.78 is 50.4. The highest BCUT2D eigenvalue weighted by atomic mass is 19.4. The third kappa shape index (κ3) is 5.46. The summed E-state index contributed by atoms with van der Waals surface area (Å²) in [5, 5.41) is 8.65. The first-order valence-electron chi connectivity index (χ1n) is 5.56. The van der Waals surface area contributed by atoms with Crippen LogP contribution < -0.4 is 0 Å². The van der Waals surface area contributed by atoms with Gasteiger partial charge in [0.25, 0.3) is 0 Å². The van der Waals surface area contributed by atoms with E-state index < -0.39 is 18.5 Å². The molecule has 0 aliphatic carbocycles. The van der Waals surface area contributed by atoms with Gasteiger partial charge in [-0.3, -0.25) is 4.90 Å². The zero-order valence-corrected chi connectivity index (χ0v) is 9.75. The number of rotatable bonds is 6. The van der Waals surface area contributed by atoms with Crippen molar-refractivity contribution < 1.29 is 22.7 Å². The Bertz CT molecular complexity index is 367. The lowest BCUT2D eigenvalue weighted by atomic mass is 10.2. The minimum Gasteiger partial charge on any atom is -0.396 e. The summed E-state index contributed by atoms with van der Waals surface area (Å²) in [5.74, 6) is -0.520. The SMILES string of the molecule is OCCCN(Cc1ccccc1F)CC(F)(F)F. The lowest BCUT2D eigenvalue weighted by Gasteiger charge is -2.23. The third-order valence-corrected chi connectivity index (χ3v) is 2.39. The first kappa shape index (κ1) is 14.9. The molecule has 1 aromatic rings. The third-order valence-electron chi connectivity index (χ3n) is 2.39. The Morgan fingerprint density at radius 2 is 1.83 bits per heavy atom. The van der Waals surface area contributed by atoms with Crippen LogP contribution in [-0.4, -0.2) is 35.9 Å². The zero-order valence-electron chi connectivity index (χ0n) is 9.75. The lowest BCUT2D eigenvalue weighted by Crippen LogP contribution is -2.35. The molecule has 0 aromatic heterocycles. The highest BCUT2D eigenvalue weighted by Gasteiger charge is 2.30. The molecule has 0 saturated carbocycles. The normalized spacial score (nSPS) is 12.1. The molecule has 0 radical (unpaired) electrons. The topological polar surface area (TPSA) is 23.5 Å². The average Bonchev–Trinajstić information content (AvgIpc) is 2.27. The summed E-state index contributed by atoms with van der Waals surface area (Å²) in [6.45, 7) is -1.34. The number of halogens is 4. The monoisotopic (exact) mass is 265 g/mol. The highest BCUT2D eigenvalue weighted by Crippen LogP contribution is 2.19. The van der Waals surface area contributed by atoms with Crippen molar-refractivity contribution in [2.24, 2.45) is 0 Å². The largest absolute Gasteiger partial charge is 0.401 e. The first-order valence-corrected chi connectivity index (χ1v) is 5.56. The van der Waals surface area contributed by atoms with Gasteiger partial charge < -0.3 is 5.11 Å². The van der Waals surface area contributed by atoms with Crippen molar-refractivity contribution in [3.63, 3.8) is 0 Å². The van der Waals surface area contributed by atoms with Crippen LogP contribution in [0.4, 0.5) is 17.6 Å². The summed E-state index contributed by atoms with van der Waals surface area (Å²) in [4.78, 5) is 1.08. The van der Waals surface area contributed by atoms with Gasteiger partial charge in [-0.05, 0) is 12.5 Å². The van der Waals surface area contributed by atoms with Crippen LogP contribution in [0.15, 0.2) is 24.3 Å². The van der Waals surface area contributed by atoms with Gasteiger partial charge in [0.1, 0.15) is 5.82 Å². The van der Waals surface area contributed by atoms with Crippen LogP contribution in [0.1, 0.15) is 12.0 Å². The Morgan fingerprint density at radius 1 is 1.17 bits per heavy atom. The summed E-state index contributed by atoms with van der Waals surface area (Å²) in [6, 6.07) is 5.74.